The van der Waals surface area contributed by atoms with Crippen LogP contribution in [0.2, 0.25) is 0 Å². The second-order valence-corrected chi connectivity index (χ2v) is 8.26. The molecular weight excluding hydrogens is 374 g/mol. The van der Waals surface area contributed by atoms with Crippen LogP contribution in [-0.4, -0.2) is 42.2 Å². The average molecular weight is 406 g/mol. The number of nitrogens with zero attached hydrogens (tertiary/aromatic N) is 2. The number of rotatable bonds is 7. The van der Waals surface area contributed by atoms with E-state index in [1.54, 1.807) is 7.11 Å². The first-order chi connectivity index (χ1) is 14.6. The van der Waals surface area contributed by atoms with Crippen LogP contribution in [0.15, 0.2) is 54.7 Å². The van der Waals surface area contributed by atoms with E-state index in [4.69, 9.17) is 9.47 Å². The average Bonchev–Trinajstić information content (AvgIpc) is 2.75. The number of aromatic nitrogens is 1. The Morgan fingerprint density at radius 3 is 2.63 bits per heavy atom. The Balaban J connectivity index is 1.33. The smallest absolute Gasteiger partial charge is 0.161 e. The van der Waals surface area contributed by atoms with Gasteiger partial charge in [-0.05, 0) is 56.5 Å². The van der Waals surface area contributed by atoms with Crippen molar-refractivity contribution in [2.75, 3.05) is 25.5 Å². The Morgan fingerprint density at radius 2 is 1.87 bits per heavy atom. The van der Waals surface area contributed by atoms with Gasteiger partial charge in [-0.1, -0.05) is 24.3 Å². The Bertz CT molecular complexity index is 981. The van der Waals surface area contributed by atoms with Crippen molar-refractivity contribution in [2.45, 2.75) is 45.4 Å². The number of piperidine rings is 1. The lowest BCUT2D eigenvalue weighted by atomic mass is 10.0. The predicted molar refractivity (Wildman–Crippen MR) is 122 cm³/mol. The van der Waals surface area contributed by atoms with Crippen molar-refractivity contribution in [3.8, 4) is 11.5 Å². The molecule has 158 valence electrons. The molecule has 0 amide bonds. The van der Waals surface area contributed by atoms with Crippen LogP contribution < -0.4 is 14.8 Å². The molecule has 1 aliphatic heterocycles. The molecule has 2 heterocycles. The standard InChI is InChI=1S/C25H31N3O2/c1-18(2)30-25-14-19(8-9-24(25)29-3)17-28-12-10-21(11-13-28)27-22-15-20-6-4-5-7-23(20)26-16-22/h4-9,14-16,18,21,27H,10-13,17H2,1-3H3. The maximum Gasteiger partial charge on any atom is 0.161 e. The number of ether oxygens (including phenoxy) is 2. The number of methoxy groups -OCH3 is 1. The number of fused-ring (bicyclic) bond motifs is 1. The fourth-order valence-electron chi connectivity index (χ4n) is 4.04. The fourth-order valence-corrected chi connectivity index (χ4v) is 4.04. The third kappa shape index (κ3) is 5.03. The minimum absolute atomic E-state index is 0.126. The molecule has 0 atom stereocenters. The van der Waals surface area contributed by atoms with E-state index in [1.165, 1.54) is 10.9 Å². The highest BCUT2D eigenvalue weighted by Crippen LogP contribution is 2.30. The molecule has 0 spiro atoms. The van der Waals surface area contributed by atoms with Crippen molar-refractivity contribution >= 4 is 16.6 Å². The van der Waals surface area contributed by atoms with Gasteiger partial charge in [-0.15, -0.1) is 0 Å². The number of para-hydroxylation sites is 1. The van der Waals surface area contributed by atoms with Gasteiger partial charge >= 0.3 is 0 Å². The summed E-state index contributed by atoms with van der Waals surface area (Å²) >= 11 is 0. The number of benzene rings is 2. The first-order valence-electron chi connectivity index (χ1n) is 10.8. The molecule has 4 rings (SSSR count). The first kappa shape index (κ1) is 20.5. The van der Waals surface area contributed by atoms with Crippen molar-refractivity contribution in [1.29, 1.82) is 0 Å². The molecule has 1 fully saturated rings. The number of hydrogen-bond donors (Lipinski definition) is 1. The first-order valence-corrected chi connectivity index (χ1v) is 10.8. The maximum absolute atomic E-state index is 5.92. The van der Waals surface area contributed by atoms with Crippen molar-refractivity contribution in [3.05, 3.63) is 60.3 Å². The second kappa shape index (κ2) is 9.35. The van der Waals surface area contributed by atoms with E-state index in [9.17, 15) is 0 Å². The molecule has 0 bridgehead atoms. The molecule has 1 aliphatic rings. The molecule has 0 aliphatic carbocycles. The van der Waals surface area contributed by atoms with E-state index in [2.05, 4.69) is 45.5 Å². The molecule has 0 radical (unpaired) electrons. The van der Waals surface area contributed by atoms with Crippen molar-refractivity contribution in [3.63, 3.8) is 0 Å². The number of nitrogens with one attached hydrogen (secondary N) is 1. The highest BCUT2D eigenvalue weighted by Gasteiger charge is 2.20. The van der Waals surface area contributed by atoms with E-state index >= 15 is 0 Å². The quantitative estimate of drug-likeness (QED) is 0.592. The molecule has 0 unspecified atom stereocenters. The molecule has 1 aromatic heterocycles. The van der Waals surface area contributed by atoms with Crippen LogP contribution >= 0.6 is 0 Å². The van der Waals surface area contributed by atoms with Gasteiger partial charge < -0.3 is 14.8 Å². The third-order valence-electron chi connectivity index (χ3n) is 5.55. The summed E-state index contributed by atoms with van der Waals surface area (Å²) in [5.41, 5.74) is 3.41. The summed E-state index contributed by atoms with van der Waals surface area (Å²) in [6.45, 7) is 7.16. The van der Waals surface area contributed by atoms with Crippen LogP contribution in [0.5, 0.6) is 11.5 Å². The number of pyridine rings is 1. The number of anilines is 1. The molecule has 30 heavy (non-hydrogen) atoms. The number of likely N-dealkylation sites (tertiary alicyclic amines) is 1. The highest BCUT2D eigenvalue weighted by molar-refractivity contribution is 5.81. The van der Waals surface area contributed by atoms with Crippen LogP contribution in [0.4, 0.5) is 5.69 Å². The van der Waals surface area contributed by atoms with Gasteiger partial charge in [-0.2, -0.15) is 0 Å². The van der Waals surface area contributed by atoms with E-state index in [0.29, 0.717) is 6.04 Å². The lowest BCUT2D eigenvalue weighted by Gasteiger charge is -2.33. The van der Waals surface area contributed by atoms with Gasteiger partial charge in [0.05, 0.1) is 30.6 Å². The lowest BCUT2D eigenvalue weighted by molar-refractivity contribution is 0.209. The molecule has 1 saturated heterocycles. The summed E-state index contributed by atoms with van der Waals surface area (Å²) in [4.78, 5) is 7.08. The third-order valence-corrected chi connectivity index (χ3v) is 5.55. The number of hydrogen-bond acceptors (Lipinski definition) is 5. The molecule has 1 N–H and O–H groups in total. The van der Waals surface area contributed by atoms with Gasteiger partial charge in [-0.25, -0.2) is 0 Å². The Hall–Kier alpha value is -2.79. The summed E-state index contributed by atoms with van der Waals surface area (Å²) in [6.07, 6.45) is 4.32. The van der Waals surface area contributed by atoms with E-state index < -0.39 is 0 Å². The largest absolute Gasteiger partial charge is 0.493 e. The van der Waals surface area contributed by atoms with Crippen molar-refractivity contribution in [2.24, 2.45) is 0 Å². The minimum Gasteiger partial charge on any atom is -0.493 e. The van der Waals surface area contributed by atoms with Gasteiger partial charge in [0, 0.05) is 31.1 Å². The predicted octanol–water partition coefficient (Wildman–Crippen LogP) is 5.11. The van der Waals surface area contributed by atoms with Gasteiger partial charge in [0.2, 0.25) is 0 Å². The zero-order valence-electron chi connectivity index (χ0n) is 18.1. The molecule has 5 heteroatoms. The second-order valence-electron chi connectivity index (χ2n) is 8.26. The Kier molecular flexibility index (Phi) is 6.38. The van der Waals surface area contributed by atoms with E-state index in [0.717, 1.165) is 55.2 Å². The molecule has 5 nitrogen and oxygen atoms in total. The van der Waals surface area contributed by atoms with Crippen LogP contribution in [0, 0.1) is 0 Å². The molecule has 2 aromatic carbocycles. The summed E-state index contributed by atoms with van der Waals surface area (Å²) in [5.74, 6) is 1.62. The fraction of sp³-hybridized carbons (Fsp3) is 0.400. The van der Waals surface area contributed by atoms with Gasteiger partial charge in [0.25, 0.3) is 0 Å². The van der Waals surface area contributed by atoms with E-state index in [-0.39, 0.29) is 6.10 Å². The summed E-state index contributed by atoms with van der Waals surface area (Å²) in [5, 5.41) is 4.86. The molecule has 3 aromatic rings. The van der Waals surface area contributed by atoms with Gasteiger partial charge in [-0.3, -0.25) is 9.88 Å². The zero-order valence-corrected chi connectivity index (χ0v) is 18.1. The Morgan fingerprint density at radius 1 is 1.07 bits per heavy atom. The summed E-state index contributed by atoms with van der Waals surface area (Å²) in [6, 6.07) is 17.2. The van der Waals surface area contributed by atoms with Crippen LogP contribution in [0.3, 0.4) is 0 Å². The molecule has 0 saturated carbocycles. The van der Waals surface area contributed by atoms with Crippen LogP contribution in [0.25, 0.3) is 10.9 Å². The minimum atomic E-state index is 0.126. The highest BCUT2D eigenvalue weighted by atomic mass is 16.5. The maximum atomic E-state index is 5.92. The van der Waals surface area contributed by atoms with Crippen LogP contribution in [-0.2, 0) is 6.54 Å². The normalized spacial score (nSPS) is 15.5. The summed E-state index contributed by atoms with van der Waals surface area (Å²) in [7, 11) is 1.69. The van der Waals surface area contributed by atoms with Crippen molar-refractivity contribution in [1.82, 2.24) is 9.88 Å². The topological polar surface area (TPSA) is 46.6 Å². The lowest BCUT2D eigenvalue weighted by Crippen LogP contribution is -2.38. The Labute approximate surface area is 179 Å². The van der Waals surface area contributed by atoms with E-state index in [1.807, 2.05) is 38.2 Å². The molecular formula is C25H31N3O2. The summed E-state index contributed by atoms with van der Waals surface area (Å²) < 4.78 is 11.4. The SMILES string of the molecule is COc1ccc(CN2CCC(Nc3cnc4ccccc4c3)CC2)cc1OC(C)C. The van der Waals surface area contributed by atoms with Gasteiger partial charge in [0.15, 0.2) is 11.5 Å². The monoisotopic (exact) mass is 405 g/mol. The zero-order chi connectivity index (χ0) is 20.9. The van der Waals surface area contributed by atoms with Crippen molar-refractivity contribution < 1.29 is 9.47 Å². The van der Waals surface area contributed by atoms with Gasteiger partial charge in [0.1, 0.15) is 0 Å². The van der Waals surface area contributed by atoms with Crippen LogP contribution in [0.1, 0.15) is 32.3 Å².